The van der Waals surface area contributed by atoms with Gasteiger partial charge >= 0.3 is 0 Å². The smallest absolute Gasteiger partial charge is 0.148 e. The number of pyridine rings is 1. The second-order valence-corrected chi connectivity index (χ2v) is 12.6. The largest absolute Gasteiger partial charge is 0.507 e. The Balaban J connectivity index is 1.13. The van der Waals surface area contributed by atoms with Gasteiger partial charge in [0.1, 0.15) is 11.6 Å². The lowest BCUT2D eigenvalue weighted by Gasteiger charge is -2.15. The van der Waals surface area contributed by atoms with Gasteiger partial charge < -0.3 is 5.11 Å². The van der Waals surface area contributed by atoms with Crippen molar-refractivity contribution in [3.05, 3.63) is 179 Å². The van der Waals surface area contributed by atoms with Crippen LogP contribution in [-0.2, 0) is 12.8 Å². The van der Waals surface area contributed by atoms with E-state index in [4.69, 9.17) is 4.98 Å². The van der Waals surface area contributed by atoms with E-state index in [1.165, 1.54) is 33.2 Å². The average Bonchev–Trinajstić information content (AvgIpc) is 3.60. The molecule has 0 aliphatic rings. The van der Waals surface area contributed by atoms with E-state index >= 15 is 0 Å². The van der Waals surface area contributed by atoms with E-state index in [1.807, 2.05) is 29.1 Å². The number of fused-ring (bicyclic) bond motifs is 2. The summed E-state index contributed by atoms with van der Waals surface area (Å²) in [6.07, 6.45) is 7.31. The predicted octanol–water partition coefficient (Wildman–Crippen LogP) is 10.4. The molecule has 0 unspecified atom stereocenters. The van der Waals surface area contributed by atoms with E-state index in [1.54, 1.807) is 6.20 Å². The van der Waals surface area contributed by atoms with E-state index < -0.39 is 0 Å². The molecule has 1 N–H and O–H groups in total. The number of benzene rings is 6. The highest BCUT2D eigenvalue weighted by atomic mass is 16.3. The number of aromatic nitrogens is 3. The molecule has 2 heterocycles. The third-order valence-corrected chi connectivity index (χ3v) is 9.24. The number of phenols is 1. The van der Waals surface area contributed by atoms with Gasteiger partial charge in [-0.15, -0.1) is 0 Å². The monoisotopic (exact) mass is 621 g/mol. The minimum Gasteiger partial charge on any atom is -0.507 e. The van der Waals surface area contributed by atoms with Crippen molar-refractivity contribution in [3.63, 3.8) is 0 Å². The van der Waals surface area contributed by atoms with Gasteiger partial charge in [-0.05, 0) is 95.1 Å². The number of hydrogen-bond donors (Lipinski definition) is 1. The van der Waals surface area contributed by atoms with Crippen molar-refractivity contribution in [1.82, 2.24) is 14.5 Å². The molecule has 48 heavy (non-hydrogen) atoms. The van der Waals surface area contributed by atoms with E-state index in [-0.39, 0.29) is 5.75 Å². The fraction of sp³-hybridized carbons (Fsp3) is 0.0909. The minimum absolute atomic E-state index is 0.246. The zero-order chi connectivity index (χ0) is 32.6. The van der Waals surface area contributed by atoms with Crippen molar-refractivity contribution in [3.8, 4) is 34.1 Å². The Bertz CT molecular complexity index is 2420. The highest BCUT2D eigenvalue weighted by molar-refractivity contribution is 5.97. The van der Waals surface area contributed by atoms with Gasteiger partial charge in [-0.3, -0.25) is 9.55 Å². The Hall–Kier alpha value is -6.00. The second-order valence-electron chi connectivity index (χ2n) is 12.6. The summed E-state index contributed by atoms with van der Waals surface area (Å²) in [4.78, 5) is 9.63. The van der Waals surface area contributed by atoms with Gasteiger partial charge in [0.05, 0.1) is 11.3 Å². The van der Waals surface area contributed by atoms with Crippen LogP contribution in [0.3, 0.4) is 0 Å². The van der Waals surface area contributed by atoms with Crippen LogP contribution < -0.4 is 0 Å². The molecule has 0 atom stereocenters. The Morgan fingerprint density at radius 3 is 2.08 bits per heavy atom. The lowest BCUT2D eigenvalue weighted by Crippen LogP contribution is -2.00. The number of aryl methyl sites for hydroxylation is 2. The number of phenolic OH excluding ortho intramolecular Hbond substituents is 1. The Kier molecular flexibility index (Phi) is 7.54. The molecule has 0 aliphatic heterocycles. The molecular weight excluding hydrogens is 587 g/mol. The van der Waals surface area contributed by atoms with Crippen LogP contribution in [0.2, 0.25) is 0 Å². The molecule has 0 amide bonds. The van der Waals surface area contributed by atoms with Crippen LogP contribution in [0.4, 0.5) is 0 Å². The Labute approximate surface area is 280 Å². The Morgan fingerprint density at radius 2 is 1.29 bits per heavy atom. The first-order valence-electron chi connectivity index (χ1n) is 16.4. The third-order valence-electron chi connectivity index (χ3n) is 9.24. The number of rotatable bonds is 7. The van der Waals surface area contributed by atoms with Crippen molar-refractivity contribution >= 4 is 21.5 Å². The first-order valence-corrected chi connectivity index (χ1v) is 16.4. The highest BCUT2D eigenvalue weighted by Gasteiger charge is 2.16. The second kappa shape index (κ2) is 12.3. The maximum absolute atomic E-state index is 11.7. The van der Waals surface area contributed by atoms with E-state index in [0.29, 0.717) is 11.4 Å². The molecule has 8 aromatic rings. The van der Waals surface area contributed by atoms with Crippen LogP contribution in [0.25, 0.3) is 49.9 Å². The predicted molar refractivity (Wildman–Crippen MR) is 197 cm³/mol. The van der Waals surface area contributed by atoms with Gasteiger partial charge in [-0.1, -0.05) is 103 Å². The zero-order valence-electron chi connectivity index (χ0n) is 27.1. The summed E-state index contributed by atoms with van der Waals surface area (Å²) >= 11 is 0. The molecule has 2 aromatic heterocycles. The van der Waals surface area contributed by atoms with Crippen LogP contribution in [-0.4, -0.2) is 19.6 Å². The molecule has 8 rings (SSSR count). The van der Waals surface area contributed by atoms with Crippen LogP contribution in [0.5, 0.6) is 5.75 Å². The summed E-state index contributed by atoms with van der Waals surface area (Å²) in [6, 6.07) is 44.5. The first kappa shape index (κ1) is 29.4. The van der Waals surface area contributed by atoms with Crippen LogP contribution in [0.1, 0.15) is 33.4 Å². The maximum Gasteiger partial charge on any atom is 0.148 e. The summed E-state index contributed by atoms with van der Waals surface area (Å²) in [5.41, 5.74) is 11.1. The standard InChI is InChI=1S/C44H35N3O/c1-29-22-30(2)24-37(23-29)47-21-20-45-44(47)40-19-18-32-17-16-31(26-41(32)43(40)48)25-34-12-6-7-13-35(34)27-36-28-46-42(33-10-4-3-5-11-33)39-15-9-8-14-38(36)39/h3-24,26,28,48H,25,27H2,1-2H3. The van der Waals surface area contributed by atoms with Crippen LogP contribution in [0, 0.1) is 13.8 Å². The van der Waals surface area contributed by atoms with Crippen molar-refractivity contribution in [2.75, 3.05) is 0 Å². The quantitative estimate of drug-likeness (QED) is 0.193. The molecule has 0 saturated heterocycles. The molecule has 0 fully saturated rings. The zero-order valence-corrected chi connectivity index (χ0v) is 27.1. The summed E-state index contributed by atoms with van der Waals surface area (Å²) in [5, 5.41) is 15.9. The van der Waals surface area contributed by atoms with E-state index in [0.717, 1.165) is 51.5 Å². The summed E-state index contributed by atoms with van der Waals surface area (Å²) < 4.78 is 2.05. The molecule has 0 aliphatic carbocycles. The highest BCUT2D eigenvalue weighted by Crippen LogP contribution is 2.37. The van der Waals surface area contributed by atoms with Gasteiger partial charge in [-0.25, -0.2) is 4.98 Å². The van der Waals surface area contributed by atoms with E-state index in [9.17, 15) is 5.11 Å². The molecule has 0 saturated carbocycles. The molecule has 4 nitrogen and oxygen atoms in total. The van der Waals surface area contributed by atoms with Crippen molar-refractivity contribution in [1.29, 1.82) is 0 Å². The van der Waals surface area contributed by atoms with Crippen LogP contribution >= 0.6 is 0 Å². The lowest BCUT2D eigenvalue weighted by atomic mass is 9.92. The third kappa shape index (κ3) is 5.52. The summed E-state index contributed by atoms with van der Waals surface area (Å²) in [7, 11) is 0. The number of aromatic hydroxyl groups is 1. The van der Waals surface area contributed by atoms with Gasteiger partial charge in [0.15, 0.2) is 0 Å². The SMILES string of the molecule is Cc1cc(C)cc(-n2ccnc2-c2ccc3ccc(Cc4ccccc4Cc4cnc(-c5ccccc5)c5ccccc45)cc3c2O)c1. The lowest BCUT2D eigenvalue weighted by molar-refractivity contribution is 0.483. The average molecular weight is 622 g/mol. The van der Waals surface area contributed by atoms with E-state index in [2.05, 4.69) is 134 Å². The molecule has 0 bridgehead atoms. The van der Waals surface area contributed by atoms with Gasteiger partial charge in [0, 0.05) is 40.6 Å². The summed E-state index contributed by atoms with van der Waals surface area (Å²) in [5.74, 6) is 0.963. The maximum atomic E-state index is 11.7. The number of imidazole rings is 1. The molecule has 0 radical (unpaired) electrons. The van der Waals surface area contributed by atoms with Crippen molar-refractivity contribution in [2.24, 2.45) is 0 Å². The minimum atomic E-state index is 0.246. The first-order chi connectivity index (χ1) is 23.5. The molecule has 232 valence electrons. The normalized spacial score (nSPS) is 11.4. The number of nitrogens with zero attached hydrogens (tertiary/aromatic N) is 3. The molecule has 0 spiro atoms. The van der Waals surface area contributed by atoms with Gasteiger partial charge in [-0.2, -0.15) is 0 Å². The Morgan fingerprint density at radius 1 is 0.604 bits per heavy atom. The fourth-order valence-corrected chi connectivity index (χ4v) is 6.99. The van der Waals surface area contributed by atoms with Gasteiger partial charge in [0.2, 0.25) is 0 Å². The summed E-state index contributed by atoms with van der Waals surface area (Å²) in [6.45, 7) is 4.20. The fourth-order valence-electron chi connectivity index (χ4n) is 6.99. The van der Waals surface area contributed by atoms with Gasteiger partial charge in [0.25, 0.3) is 0 Å². The molecule has 4 heteroatoms. The topological polar surface area (TPSA) is 50.9 Å². The van der Waals surface area contributed by atoms with Crippen molar-refractivity contribution < 1.29 is 5.11 Å². The molecule has 6 aromatic carbocycles. The van der Waals surface area contributed by atoms with Crippen molar-refractivity contribution in [2.45, 2.75) is 26.7 Å². The van der Waals surface area contributed by atoms with Crippen LogP contribution in [0.15, 0.2) is 146 Å². The molecular formula is C44H35N3O. The number of hydrogen-bond acceptors (Lipinski definition) is 3.